The van der Waals surface area contributed by atoms with Crippen LogP contribution in [-0.4, -0.2) is 28.4 Å². The van der Waals surface area contributed by atoms with Gasteiger partial charge in [-0.15, -0.1) is 0 Å². The quantitative estimate of drug-likeness (QED) is 0.661. The van der Waals surface area contributed by atoms with Gasteiger partial charge in [0, 0.05) is 36.4 Å². The van der Waals surface area contributed by atoms with Crippen LogP contribution < -0.4 is 15.4 Å². The number of hydrogen-bond donors (Lipinski definition) is 2. The predicted molar refractivity (Wildman–Crippen MR) is 105 cm³/mol. The molecule has 0 radical (unpaired) electrons. The number of aromatic nitrogens is 2. The maximum Gasteiger partial charge on any atom is 0.274 e. The SMILES string of the molecule is CCOc1ccc(NC(=O)c2cc(C(=O)NCc3ccncc3)ccn2)cc1. The summed E-state index contributed by atoms with van der Waals surface area (Å²) in [7, 11) is 0. The van der Waals surface area contributed by atoms with Crippen molar-refractivity contribution in [3.05, 3.63) is 83.9 Å². The van der Waals surface area contributed by atoms with E-state index < -0.39 is 5.91 Å². The first-order valence-electron chi connectivity index (χ1n) is 8.83. The molecule has 0 aliphatic heterocycles. The fourth-order valence-corrected chi connectivity index (χ4v) is 2.48. The van der Waals surface area contributed by atoms with Crippen molar-refractivity contribution in [2.75, 3.05) is 11.9 Å². The zero-order valence-electron chi connectivity index (χ0n) is 15.4. The van der Waals surface area contributed by atoms with Crippen LogP contribution in [0.3, 0.4) is 0 Å². The molecule has 2 amide bonds. The molecule has 1 aromatic carbocycles. The Morgan fingerprint density at radius 2 is 1.71 bits per heavy atom. The lowest BCUT2D eigenvalue weighted by atomic mass is 10.2. The van der Waals surface area contributed by atoms with E-state index >= 15 is 0 Å². The first-order chi connectivity index (χ1) is 13.7. The maximum absolute atomic E-state index is 12.4. The Morgan fingerprint density at radius 3 is 2.43 bits per heavy atom. The monoisotopic (exact) mass is 376 g/mol. The molecule has 3 aromatic rings. The third-order valence-corrected chi connectivity index (χ3v) is 3.88. The summed E-state index contributed by atoms with van der Waals surface area (Å²) in [6, 6.07) is 13.7. The Bertz CT molecular complexity index is 943. The Kier molecular flexibility index (Phi) is 6.30. The van der Waals surface area contributed by atoms with Gasteiger partial charge in [0.2, 0.25) is 0 Å². The topological polar surface area (TPSA) is 93.2 Å². The van der Waals surface area contributed by atoms with Gasteiger partial charge in [-0.05, 0) is 61.0 Å². The third kappa shape index (κ3) is 5.14. The van der Waals surface area contributed by atoms with E-state index in [4.69, 9.17) is 4.74 Å². The molecule has 7 heteroatoms. The number of hydrogen-bond acceptors (Lipinski definition) is 5. The lowest BCUT2D eigenvalue weighted by Gasteiger charge is -2.08. The van der Waals surface area contributed by atoms with Crippen LogP contribution in [0, 0.1) is 0 Å². The van der Waals surface area contributed by atoms with E-state index in [2.05, 4.69) is 20.6 Å². The van der Waals surface area contributed by atoms with Crippen LogP contribution in [0.4, 0.5) is 5.69 Å². The van der Waals surface area contributed by atoms with Crippen LogP contribution >= 0.6 is 0 Å². The fourth-order valence-electron chi connectivity index (χ4n) is 2.48. The molecule has 142 valence electrons. The van der Waals surface area contributed by atoms with Crippen LogP contribution in [0.5, 0.6) is 5.75 Å². The second-order valence-electron chi connectivity index (χ2n) is 5.88. The molecule has 3 rings (SSSR count). The van der Waals surface area contributed by atoms with E-state index in [1.54, 1.807) is 42.7 Å². The zero-order chi connectivity index (χ0) is 19.8. The summed E-state index contributed by atoms with van der Waals surface area (Å²) in [4.78, 5) is 32.8. The number of amides is 2. The van der Waals surface area contributed by atoms with Gasteiger partial charge in [0.05, 0.1) is 6.61 Å². The van der Waals surface area contributed by atoms with E-state index in [9.17, 15) is 9.59 Å². The van der Waals surface area contributed by atoms with Crippen molar-refractivity contribution in [2.24, 2.45) is 0 Å². The summed E-state index contributed by atoms with van der Waals surface area (Å²) in [5, 5.41) is 5.57. The molecule has 0 aliphatic carbocycles. The van der Waals surface area contributed by atoms with Gasteiger partial charge >= 0.3 is 0 Å². The molecule has 0 unspecified atom stereocenters. The van der Waals surface area contributed by atoms with Gasteiger partial charge in [0.15, 0.2) is 0 Å². The molecule has 28 heavy (non-hydrogen) atoms. The number of nitrogens with one attached hydrogen (secondary N) is 2. The summed E-state index contributed by atoms with van der Waals surface area (Å²) >= 11 is 0. The number of ether oxygens (including phenoxy) is 1. The second-order valence-corrected chi connectivity index (χ2v) is 5.88. The number of nitrogens with zero attached hydrogens (tertiary/aromatic N) is 2. The molecule has 2 heterocycles. The predicted octanol–water partition coefficient (Wildman–Crippen LogP) is 3.06. The number of rotatable bonds is 7. The van der Waals surface area contributed by atoms with Crippen LogP contribution in [0.15, 0.2) is 67.1 Å². The van der Waals surface area contributed by atoms with Gasteiger partial charge < -0.3 is 15.4 Å². The minimum absolute atomic E-state index is 0.158. The average Bonchev–Trinajstić information content (AvgIpc) is 2.74. The van der Waals surface area contributed by atoms with Crippen molar-refractivity contribution in [3.8, 4) is 5.75 Å². The standard InChI is InChI=1S/C21H20N4O3/c1-2-28-18-5-3-17(4-6-18)25-21(27)19-13-16(9-12-23-19)20(26)24-14-15-7-10-22-11-8-15/h3-13H,2,14H2,1H3,(H,24,26)(H,25,27). The minimum Gasteiger partial charge on any atom is -0.494 e. The number of carbonyl (C=O) groups is 2. The molecule has 0 bridgehead atoms. The average molecular weight is 376 g/mol. The van der Waals surface area contributed by atoms with Crippen molar-refractivity contribution in [3.63, 3.8) is 0 Å². The van der Waals surface area contributed by atoms with Crippen LogP contribution in [0.2, 0.25) is 0 Å². The number of benzene rings is 1. The minimum atomic E-state index is -0.395. The van der Waals surface area contributed by atoms with E-state index in [1.165, 1.54) is 12.3 Å². The van der Waals surface area contributed by atoms with Gasteiger partial charge in [-0.3, -0.25) is 19.6 Å². The molecule has 7 nitrogen and oxygen atoms in total. The smallest absolute Gasteiger partial charge is 0.274 e. The molecule has 2 aromatic heterocycles. The Balaban J connectivity index is 1.63. The normalized spacial score (nSPS) is 10.2. The number of carbonyl (C=O) groups excluding carboxylic acids is 2. The molecule has 0 spiro atoms. The van der Waals surface area contributed by atoms with Crippen molar-refractivity contribution in [1.29, 1.82) is 0 Å². The zero-order valence-corrected chi connectivity index (χ0v) is 15.4. The molecule has 0 saturated heterocycles. The highest BCUT2D eigenvalue weighted by Gasteiger charge is 2.12. The fraction of sp³-hybridized carbons (Fsp3) is 0.143. The summed E-state index contributed by atoms with van der Waals surface area (Å²) in [5.74, 6) is 0.0498. The Morgan fingerprint density at radius 1 is 0.964 bits per heavy atom. The van der Waals surface area contributed by atoms with E-state index in [0.717, 1.165) is 11.3 Å². The molecule has 0 atom stereocenters. The lowest BCUT2D eigenvalue weighted by molar-refractivity contribution is 0.0950. The van der Waals surface area contributed by atoms with Gasteiger partial charge in [-0.2, -0.15) is 0 Å². The molecule has 0 fully saturated rings. The van der Waals surface area contributed by atoms with Crippen LogP contribution in [0.1, 0.15) is 33.3 Å². The summed E-state index contributed by atoms with van der Waals surface area (Å²) in [6.07, 6.45) is 4.77. The van der Waals surface area contributed by atoms with Crippen LogP contribution in [0.25, 0.3) is 0 Å². The molecular formula is C21H20N4O3. The first-order valence-corrected chi connectivity index (χ1v) is 8.83. The van der Waals surface area contributed by atoms with Crippen molar-refractivity contribution in [2.45, 2.75) is 13.5 Å². The van der Waals surface area contributed by atoms with E-state index in [1.807, 2.05) is 19.1 Å². The summed E-state index contributed by atoms with van der Waals surface area (Å²) in [5.41, 5.74) is 2.07. The highest BCUT2D eigenvalue weighted by molar-refractivity contribution is 6.04. The van der Waals surface area contributed by atoms with Gasteiger partial charge in [0.1, 0.15) is 11.4 Å². The summed E-state index contributed by atoms with van der Waals surface area (Å²) in [6.45, 7) is 2.85. The first kappa shape index (κ1) is 19.0. The second kappa shape index (κ2) is 9.27. The number of pyridine rings is 2. The Hall–Kier alpha value is -3.74. The summed E-state index contributed by atoms with van der Waals surface area (Å²) < 4.78 is 5.37. The van der Waals surface area contributed by atoms with Gasteiger partial charge in [0.25, 0.3) is 11.8 Å². The largest absolute Gasteiger partial charge is 0.494 e. The van der Waals surface area contributed by atoms with Gasteiger partial charge in [-0.25, -0.2) is 0 Å². The van der Waals surface area contributed by atoms with Crippen molar-refractivity contribution >= 4 is 17.5 Å². The molecular weight excluding hydrogens is 356 g/mol. The lowest BCUT2D eigenvalue weighted by Crippen LogP contribution is -2.23. The van der Waals surface area contributed by atoms with Gasteiger partial charge in [-0.1, -0.05) is 0 Å². The van der Waals surface area contributed by atoms with E-state index in [-0.39, 0.29) is 11.6 Å². The van der Waals surface area contributed by atoms with Crippen LogP contribution in [-0.2, 0) is 6.54 Å². The maximum atomic E-state index is 12.4. The van der Waals surface area contributed by atoms with Crippen molar-refractivity contribution in [1.82, 2.24) is 15.3 Å². The third-order valence-electron chi connectivity index (χ3n) is 3.88. The van der Waals surface area contributed by atoms with Crippen molar-refractivity contribution < 1.29 is 14.3 Å². The van der Waals surface area contributed by atoms with E-state index in [0.29, 0.717) is 24.4 Å². The Labute approximate surface area is 162 Å². The molecule has 0 saturated carbocycles. The number of anilines is 1. The molecule has 0 aliphatic rings. The highest BCUT2D eigenvalue weighted by atomic mass is 16.5. The highest BCUT2D eigenvalue weighted by Crippen LogP contribution is 2.16. The molecule has 2 N–H and O–H groups in total.